The van der Waals surface area contributed by atoms with Crippen LogP contribution >= 0.6 is 11.8 Å². The molecule has 0 heterocycles. The minimum atomic E-state index is -0.780. The van der Waals surface area contributed by atoms with Crippen molar-refractivity contribution in [1.82, 2.24) is 5.32 Å². The fourth-order valence-corrected chi connectivity index (χ4v) is 2.68. The van der Waals surface area contributed by atoms with Crippen LogP contribution in [0.1, 0.15) is 38.5 Å². The van der Waals surface area contributed by atoms with Crippen LogP contribution in [0.3, 0.4) is 0 Å². The molecule has 17 heavy (non-hydrogen) atoms. The maximum Gasteiger partial charge on any atom is 0.331 e. The van der Waals surface area contributed by atoms with Crippen molar-refractivity contribution in [3.63, 3.8) is 0 Å². The third kappa shape index (κ3) is 3.91. The molecule has 4 nitrogen and oxygen atoms in total. The topological polar surface area (TPSA) is 55.4 Å². The van der Waals surface area contributed by atoms with Gasteiger partial charge in [0, 0.05) is 0 Å². The van der Waals surface area contributed by atoms with E-state index in [1.54, 1.807) is 0 Å². The molecule has 98 valence electrons. The van der Waals surface area contributed by atoms with E-state index < -0.39 is 5.54 Å². The van der Waals surface area contributed by atoms with Crippen LogP contribution in [0.2, 0.25) is 0 Å². The van der Waals surface area contributed by atoms with Gasteiger partial charge in [-0.2, -0.15) is 11.8 Å². The van der Waals surface area contributed by atoms with Gasteiger partial charge in [0.15, 0.2) is 0 Å². The molecule has 1 rings (SSSR count). The Balaban J connectivity index is 2.76. The van der Waals surface area contributed by atoms with Gasteiger partial charge in [-0.3, -0.25) is 4.79 Å². The monoisotopic (exact) mass is 259 g/mol. The molecule has 0 radical (unpaired) electrons. The molecule has 0 aliphatic heterocycles. The smallest absolute Gasteiger partial charge is 0.331 e. The van der Waals surface area contributed by atoms with E-state index in [0.717, 1.165) is 25.7 Å². The molecular formula is C12H21NO3S. The third-order valence-electron chi connectivity index (χ3n) is 3.19. The van der Waals surface area contributed by atoms with Crippen molar-refractivity contribution in [3.8, 4) is 0 Å². The molecule has 1 N–H and O–H groups in total. The molecule has 0 bridgehead atoms. The number of amides is 1. The summed E-state index contributed by atoms with van der Waals surface area (Å²) >= 11 is 1.46. The molecule has 0 atom stereocenters. The number of ether oxygens (including phenoxy) is 1. The molecule has 0 unspecified atom stereocenters. The summed E-state index contributed by atoms with van der Waals surface area (Å²) in [6.07, 6.45) is 7.44. The summed E-state index contributed by atoms with van der Waals surface area (Å²) in [5.74, 6) is 0.0114. The first kappa shape index (κ1) is 14.4. The van der Waals surface area contributed by atoms with E-state index in [1.807, 2.05) is 6.26 Å². The van der Waals surface area contributed by atoms with Gasteiger partial charge in [0.25, 0.3) is 0 Å². The zero-order valence-electron chi connectivity index (χ0n) is 10.6. The Morgan fingerprint density at radius 3 is 2.29 bits per heavy atom. The maximum atomic E-state index is 11.9. The first-order chi connectivity index (χ1) is 8.14. The zero-order valence-corrected chi connectivity index (χ0v) is 11.4. The van der Waals surface area contributed by atoms with Crippen LogP contribution in [-0.4, -0.2) is 36.5 Å². The first-order valence-corrected chi connectivity index (χ1v) is 7.42. The lowest BCUT2D eigenvalue weighted by atomic mass is 9.90. The summed E-state index contributed by atoms with van der Waals surface area (Å²) in [5, 5.41) is 2.89. The molecule has 0 aromatic carbocycles. The van der Waals surface area contributed by atoms with Gasteiger partial charge in [-0.25, -0.2) is 4.79 Å². The van der Waals surface area contributed by atoms with Crippen LogP contribution in [0.5, 0.6) is 0 Å². The highest BCUT2D eigenvalue weighted by Gasteiger charge is 2.40. The second kappa shape index (κ2) is 6.89. The van der Waals surface area contributed by atoms with Crippen molar-refractivity contribution < 1.29 is 14.3 Å². The minimum absolute atomic E-state index is 0.0789. The molecule has 1 aliphatic rings. The average molecular weight is 259 g/mol. The highest BCUT2D eigenvalue weighted by molar-refractivity contribution is 7.99. The number of carbonyl (C=O) groups excluding carboxylic acids is 2. The van der Waals surface area contributed by atoms with E-state index in [1.165, 1.54) is 18.9 Å². The Morgan fingerprint density at radius 1 is 1.24 bits per heavy atom. The predicted octanol–water partition coefficient (Wildman–Crippen LogP) is 1.73. The number of hydrogen-bond acceptors (Lipinski definition) is 4. The van der Waals surface area contributed by atoms with Gasteiger partial charge < -0.3 is 10.1 Å². The summed E-state index contributed by atoms with van der Waals surface area (Å²) in [7, 11) is 1.38. The molecule has 5 heteroatoms. The number of hydrogen-bond donors (Lipinski definition) is 1. The van der Waals surface area contributed by atoms with E-state index in [2.05, 4.69) is 5.32 Å². The van der Waals surface area contributed by atoms with Crippen molar-refractivity contribution in [1.29, 1.82) is 0 Å². The number of nitrogens with one attached hydrogen (secondary N) is 1. The van der Waals surface area contributed by atoms with Gasteiger partial charge in [0.05, 0.1) is 12.9 Å². The van der Waals surface area contributed by atoms with Gasteiger partial charge in [-0.05, 0) is 19.1 Å². The van der Waals surface area contributed by atoms with Crippen LogP contribution in [0.15, 0.2) is 0 Å². The summed E-state index contributed by atoms with van der Waals surface area (Å²) in [6, 6.07) is 0. The van der Waals surface area contributed by atoms with E-state index in [0.29, 0.717) is 18.6 Å². The predicted molar refractivity (Wildman–Crippen MR) is 69.0 cm³/mol. The van der Waals surface area contributed by atoms with Crippen LogP contribution in [0, 0.1) is 0 Å². The zero-order chi connectivity index (χ0) is 12.7. The summed E-state index contributed by atoms with van der Waals surface area (Å²) in [6.45, 7) is 0. The number of thioether (sulfide) groups is 1. The lowest BCUT2D eigenvalue weighted by Crippen LogP contribution is -2.55. The highest BCUT2D eigenvalue weighted by Crippen LogP contribution is 2.28. The molecule has 0 saturated heterocycles. The fraction of sp³-hybridized carbons (Fsp3) is 0.833. The molecular weight excluding hydrogens is 238 g/mol. The number of carbonyl (C=O) groups is 2. The fourth-order valence-electron chi connectivity index (χ4n) is 2.34. The molecule has 1 saturated carbocycles. The van der Waals surface area contributed by atoms with Gasteiger partial charge in [-0.15, -0.1) is 0 Å². The SMILES string of the molecule is COC(=O)C1(NC(=O)CSC)CCCCCC1. The quantitative estimate of drug-likeness (QED) is 0.617. The Labute approximate surface area is 107 Å². The van der Waals surface area contributed by atoms with Crippen molar-refractivity contribution >= 4 is 23.6 Å². The summed E-state index contributed by atoms with van der Waals surface area (Å²) in [5.41, 5.74) is -0.780. The minimum Gasteiger partial charge on any atom is -0.467 e. The maximum absolute atomic E-state index is 11.9. The molecule has 0 spiro atoms. The Hall–Kier alpha value is -0.710. The van der Waals surface area contributed by atoms with Crippen molar-refractivity contribution in [2.45, 2.75) is 44.1 Å². The Morgan fingerprint density at radius 2 is 1.82 bits per heavy atom. The molecule has 0 aromatic rings. The number of rotatable bonds is 4. The average Bonchev–Trinajstić information content (AvgIpc) is 2.55. The van der Waals surface area contributed by atoms with E-state index in [4.69, 9.17) is 4.74 Å². The van der Waals surface area contributed by atoms with Crippen molar-refractivity contribution in [2.24, 2.45) is 0 Å². The lowest BCUT2D eigenvalue weighted by Gasteiger charge is -2.30. The lowest BCUT2D eigenvalue weighted by molar-refractivity contribution is -0.151. The van der Waals surface area contributed by atoms with E-state index >= 15 is 0 Å². The Bertz CT molecular complexity index is 273. The largest absolute Gasteiger partial charge is 0.467 e. The third-order valence-corrected chi connectivity index (χ3v) is 3.74. The van der Waals surface area contributed by atoms with Crippen LogP contribution in [0.4, 0.5) is 0 Å². The number of methoxy groups -OCH3 is 1. The summed E-state index contributed by atoms with van der Waals surface area (Å²) < 4.78 is 4.87. The van der Waals surface area contributed by atoms with Crippen LogP contribution < -0.4 is 5.32 Å². The van der Waals surface area contributed by atoms with Gasteiger partial charge >= 0.3 is 5.97 Å². The molecule has 1 amide bonds. The van der Waals surface area contributed by atoms with Gasteiger partial charge in [0.2, 0.25) is 5.91 Å². The van der Waals surface area contributed by atoms with Crippen LogP contribution in [-0.2, 0) is 14.3 Å². The standard InChI is InChI=1S/C12H21NO3S/c1-16-11(15)12(13-10(14)9-17-2)7-5-3-4-6-8-12/h3-9H2,1-2H3,(H,13,14). The van der Waals surface area contributed by atoms with E-state index in [-0.39, 0.29) is 11.9 Å². The second-order valence-corrected chi connectivity index (χ2v) is 5.34. The second-order valence-electron chi connectivity index (χ2n) is 4.47. The Kier molecular flexibility index (Phi) is 5.82. The molecule has 0 aromatic heterocycles. The molecule has 1 aliphatic carbocycles. The molecule has 1 fully saturated rings. The number of esters is 1. The first-order valence-electron chi connectivity index (χ1n) is 6.03. The van der Waals surface area contributed by atoms with Crippen molar-refractivity contribution in [2.75, 3.05) is 19.1 Å². The highest BCUT2D eigenvalue weighted by atomic mass is 32.2. The van der Waals surface area contributed by atoms with Gasteiger partial charge in [-0.1, -0.05) is 25.7 Å². The normalized spacial score (nSPS) is 19.2. The van der Waals surface area contributed by atoms with E-state index in [9.17, 15) is 9.59 Å². The van der Waals surface area contributed by atoms with Gasteiger partial charge in [0.1, 0.15) is 5.54 Å². The van der Waals surface area contributed by atoms with Crippen LogP contribution in [0.25, 0.3) is 0 Å². The summed E-state index contributed by atoms with van der Waals surface area (Å²) in [4.78, 5) is 23.6. The van der Waals surface area contributed by atoms with Crippen molar-refractivity contribution in [3.05, 3.63) is 0 Å².